The number of Topliss-reactive ketones (excluding diaryl/α,β-unsaturated/α-hetero) is 1. The second-order valence-corrected chi connectivity index (χ2v) is 5.91. The summed E-state index contributed by atoms with van der Waals surface area (Å²) < 4.78 is 0. The van der Waals surface area contributed by atoms with E-state index in [4.69, 9.17) is 5.73 Å². The van der Waals surface area contributed by atoms with Crippen LogP contribution in [0.1, 0.15) is 34.8 Å². The molecule has 0 radical (unpaired) electrons. The van der Waals surface area contributed by atoms with E-state index in [2.05, 4.69) is 9.97 Å². The predicted octanol–water partition coefficient (Wildman–Crippen LogP) is 3.63. The summed E-state index contributed by atoms with van der Waals surface area (Å²) in [7, 11) is 0. The summed E-state index contributed by atoms with van der Waals surface area (Å²) in [4.78, 5) is 30.3. The normalized spacial score (nSPS) is 11.3. The second-order valence-electron chi connectivity index (χ2n) is 5.91. The van der Waals surface area contributed by atoms with Crippen LogP contribution in [0.3, 0.4) is 0 Å². The monoisotopic (exact) mass is 333 g/mol. The number of pyridine rings is 1. The molecule has 0 aliphatic heterocycles. The van der Waals surface area contributed by atoms with E-state index in [0.29, 0.717) is 6.42 Å². The summed E-state index contributed by atoms with van der Waals surface area (Å²) in [6, 6.07) is 7.73. The number of carbonyl (C=O) groups excluding carboxylic acids is 2. The van der Waals surface area contributed by atoms with Crippen LogP contribution in [-0.2, 0) is 4.79 Å². The van der Waals surface area contributed by atoms with Crippen LogP contribution in [0.15, 0.2) is 42.7 Å². The highest BCUT2D eigenvalue weighted by molar-refractivity contribution is 5.97. The van der Waals surface area contributed by atoms with Gasteiger partial charge in [0.15, 0.2) is 5.78 Å². The van der Waals surface area contributed by atoms with Gasteiger partial charge in [0.1, 0.15) is 5.65 Å². The van der Waals surface area contributed by atoms with Crippen molar-refractivity contribution < 1.29 is 9.59 Å². The molecule has 0 saturated carbocycles. The van der Waals surface area contributed by atoms with Crippen LogP contribution in [0.5, 0.6) is 0 Å². The number of H-pyrrole nitrogens is 1. The summed E-state index contributed by atoms with van der Waals surface area (Å²) in [5.74, 6) is -0.363. The number of amides is 1. The van der Waals surface area contributed by atoms with Crippen LogP contribution < -0.4 is 5.73 Å². The van der Waals surface area contributed by atoms with Crippen molar-refractivity contribution in [1.82, 2.24) is 9.97 Å². The molecule has 2 heterocycles. The lowest BCUT2D eigenvalue weighted by molar-refractivity contribution is -0.113. The van der Waals surface area contributed by atoms with Gasteiger partial charge in [-0.2, -0.15) is 0 Å². The molecule has 0 spiro atoms. The van der Waals surface area contributed by atoms with E-state index >= 15 is 0 Å². The number of benzene rings is 1. The Bertz CT molecular complexity index is 999. The molecule has 0 bridgehead atoms. The maximum absolute atomic E-state index is 11.9. The van der Waals surface area contributed by atoms with E-state index in [-0.39, 0.29) is 5.78 Å². The van der Waals surface area contributed by atoms with Gasteiger partial charge in [-0.1, -0.05) is 19.1 Å². The topological polar surface area (TPSA) is 88.8 Å². The molecule has 126 valence electrons. The highest BCUT2D eigenvalue weighted by Crippen LogP contribution is 2.28. The van der Waals surface area contributed by atoms with Crippen LogP contribution in [0.4, 0.5) is 0 Å². The quantitative estimate of drug-likeness (QED) is 0.552. The summed E-state index contributed by atoms with van der Waals surface area (Å²) in [5, 5.41) is 0.906. The first-order valence-corrected chi connectivity index (χ1v) is 8.08. The smallest absolute Gasteiger partial charge is 0.241 e. The molecular formula is C20H19N3O2. The Morgan fingerprint density at radius 3 is 2.76 bits per heavy atom. The van der Waals surface area contributed by atoms with Crippen LogP contribution in [-0.4, -0.2) is 21.7 Å². The number of primary amides is 1. The molecule has 5 heteroatoms. The number of fused-ring (bicyclic) bond motifs is 1. The van der Waals surface area contributed by atoms with Crippen molar-refractivity contribution in [3.8, 4) is 11.1 Å². The van der Waals surface area contributed by atoms with Gasteiger partial charge in [0, 0.05) is 47.0 Å². The van der Waals surface area contributed by atoms with Crippen molar-refractivity contribution in [2.24, 2.45) is 5.73 Å². The summed E-state index contributed by atoms with van der Waals surface area (Å²) >= 11 is 0. The van der Waals surface area contributed by atoms with Gasteiger partial charge in [-0.25, -0.2) is 4.98 Å². The first-order valence-electron chi connectivity index (χ1n) is 8.08. The minimum Gasteiger partial charge on any atom is -0.366 e. The van der Waals surface area contributed by atoms with Crippen LogP contribution in [0.25, 0.3) is 28.2 Å². The number of hydrogen-bond acceptors (Lipinski definition) is 3. The molecule has 0 saturated heterocycles. The zero-order chi connectivity index (χ0) is 18.0. The van der Waals surface area contributed by atoms with E-state index in [1.807, 2.05) is 38.1 Å². The van der Waals surface area contributed by atoms with Gasteiger partial charge >= 0.3 is 0 Å². The number of hydrogen-bond donors (Lipinski definition) is 2. The number of carbonyl (C=O) groups is 2. The number of ketones is 1. The van der Waals surface area contributed by atoms with Crippen LogP contribution in [0.2, 0.25) is 0 Å². The third kappa shape index (κ3) is 3.35. The van der Waals surface area contributed by atoms with Crippen molar-refractivity contribution in [2.75, 3.05) is 0 Å². The van der Waals surface area contributed by atoms with Gasteiger partial charge in [-0.15, -0.1) is 0 Å². The highest BCUT2D eigenvalue weighted by Gasteiger charge is 2.10. The third-order valence-electron chi connectivity index (χ3n) is 4.17. The lowest BCUT2D eigenvalue weighted by Crippen LogP contribution is -2.04. The van der Waals surface area contributed by atoms with Crippen molar-refractivity contribution in [3.63, 3.8) is 0 Å². The maximum atomic E-state index is 11.9. The third-order valence-corrected chi connectivity index (χ3v) is 4.17. The van der Waals surface area contributed by atoms with Crippen LogP contribution in [0, 0.1) is 6.92 Å². The Hall–Kier alpha value is -3.21. The zero-order valence-corrected chi connectivity index (χ0v) is 14.2. The van der Waals surface area contributed by atoms with Crippen molar-refractivity contribution >= 4 is 28.8 Å². The van der Waals surface area contributed by atoms with E-state index in [1.165, 1.54) is 6.08 Å². The summed E-state index contributed by atoms with van der Waals surface area (Å²) in [5.41, 5.74) is 10.5. The first-order chi connectivity index (χ1) is 12.0. The van der Waals surface area contributed by atoms with E-state index in [9.17, 15) is 9.59 Å². The summed E-state index contributed by atoms with van der Waals surface area (Å²) in [6.07, 6.45) is 7.07. The molecule has 1 amide bonds. The average molecular weight is 333 g/mol. The molecule has 0 fully saturated rings. The maximum Gasteiger partial charge on any atom is 0.241 e. The molecule has 0 unspecified atom stereocenters. The molecule has 0 atom stereocenters. The van der Waals surface area contributed by atoms with Gasteiger partial charge < -0.3 is 10.7 Å². The molecule has 0 aliphatic rings. The second kappa shape index (κ2) is 6.73. The van der Waals surface area contributed by atoms with Crippen molar-refractivity contribution in [3.05, 3.63) is 59.4 Å². The standard InChI is InChI=1S/C20H19N3O2/c1-3-18(24)13-4-6-16(12(2)8-13)15-9-17-14(5-7-19(21)25)10-22-20(17)23-11-15/h4-11H,3H2,1-2H3,(H2,21,25)(H,22,23). The number of nitrogens with two attached hydrogens (primary N) is 1. The molecule has 25 heavy (non-hydrogen) atoms. The molecule has 3 rings (SSSR count). The molecule has 3 N–H and O–H groups in total. The molecule has 5 nitrogen and oxygen atoms in total. The largest absolute Gasteiger partial charge is 0.366 e. The Morgan fingerprint density at radius 2 is 2.08 bits per heavy atom. The van der Waals surface area contributed by atoms with Gasteiger partial charge in [-0.3, -0.25) is 9.59 Å². The van der Waals surface area contributed by atoms with Gasteiger partial charge in [0.05, 0.1) is 0 Å². The number of rotatable bonds is 5. The van der Waals surface area contributed by atoms with Gasteiger partial charge in [0.2, 0.25) is 5.91 Å². The molecule has 3 aromatic rings. The lowest BCUT2D eigenvalue weighted by atomic mass is 9.97. The SMILES string of the molecule is CCC(=O)c1ccc(-c2cnc3[nH]cc(C=CC(N)=O)c3c2)c(C)c1. The fraction of sp³-hybridized carbons (Fsp3) is 0.150. The van der Waals surface area contributed by atoms with Gasteiger partial charge in [-0.05, 0) is 36.3 Å². The zero-order valence-electron chi connectivity index (χ0n) is 14.2. The Morgan fingerprint density at radius 1 is 1.28 bits per heavy atom. The first kappa shape index (κ1) is 16.6. The Balaban J connectivity index is 2.06. The Labute approximate surface area is 145 Å². The van der Waals surface area contributed by atoms with E-state index in [0.717, 1.165) is 38.9 Å². The van der Waals surface area contributed by atoms with Crippen molar-refractivity contribution in [1.29, 1.82) is 0 Å². The molecule has 0 aliphatic carbocycles. The minimum atomic E-state index is -0.495. The predicted molar refractivity (Wildman–Crippen MR) is 99.1 cm³/mol. The Kier molecular flexibility index (Phi) is 4.48. The minimum absolute atomic E-state index is 0.132. The fourth-order valence-electron chi connectivity index (χ4n) is 2.85. The van der Waals surface area contributed by atoms with E-state index in [1.54, 1.807) is 18.5 Å². The van der Waals surface area contributed by atoms with Crippen molar-refractivity contribution in [2.45, 2.75) is 20.3 Å². The molecule has 2 aromatic heterocycles. The number of nitrogens with one attached hydrogen (secondary N) is 1. The fourth-order valence-corrected chi connectivity index (χ4v) is 2.85. The number of nitrogens with zero attached hydrogens (tertiary/aromatic N) is 1. The molecule has 1 aromatic carbocycles. The highest BCUT2D eigenvalue weighted by atomic mass is 16.1. The average Bonchev–Trinajstić information content (AvgIpc) is 3.01. The number of aromatic amines is 1. The molecular weight excluding hydrogens is 314 g/mol. The lowest BCUT2D eigenvalue weighted by Gasteiger charge is -2.08. The van der Waals surface area contributed by atoms with Crippen LogP contribution >= 0.6 is 0 Å². The van der Waals surface area contributed by atoms with Gasteiger partial charge in [0.25, 0.3) is 0 Å². The number of aromatic nitrogens is 2. The van der Waals surface area contributed by atoms with E-state index < -0.39 is 5.91 Å². The summed E-state index contributed by atoms with van der Waals surface area (Å²) in [6.45, 7) is 3.84. The number of aryl methyl sites for hydroxylation is 1.